The van der Waals surface area contributed by atoms with Gasteiger partial charge in [-0.3, -0.25) is 4.68 Å². The molecule has 60 valence electrons. The average Bonchev–Trinajstić information content (AvgIpc) is 2.40. The van der Waals surface area contributed by atoms with Crippen LogP contribution in [0.1, 0.15) is 31.1 Å². The van der Waals surface area contributed by atoms with Crippen LogP contribution in [-0.4, -0.2) is 9.78 Å². The Morgan fingerprint density at radius 2 is 2.36 bits per heavy atom. The summed E-state index contributed by atoms with van der Waals surface area (Å²) in [7, 11) is 0. The van der Waals surface area contributed by atoms with Crippen LogP contribution >= 0.6 is 0 Å². The molecule has 0 saturated carbocycles. The predicted molar refractivity (Wildman–Crippen MR) is 43.2 cm³/mol. The Kier molecular flexibility index (Phi) is 1.46. The minimum Gasteiger partial charge on any atom is -0.307 e. The van der Waals surface area contributed by atoms with E-state index in [2.05, 4.69) is 30.5 Å². The number of aromatic nitrogens is 2. The van der Waals surface area contributed by atoms with Crippen molar-refractivity contribution >= 4 is 0 Å². The van der Waals surface area contributed by atoms with Crippen molar-refractivity contribution in [1.82, 2.24) is 15.1 Å². The van der Waals surface area contributed by atoms with E-state index in [0.29, 0.717) is 6.04 Å². The predicted octanol–water partition coefficient (Wildman–Crippen LogP) is 1.07. The molecule has 3 heteroatoms. The van der Waals surface area contributed by atoms with E-state index in [1.807, 2.05) is 4.68 Å². The van der Waals surface area contributed by atoms with E-state index in [4.69, 9.17) is 0 Å². The van der Waals surface area contributed by atoms with Gasteiger partial charge in [-0.05, 0) is 13.8 Å². The zero-order valence-electron chi connectivity index (χ0n) is 6.96. The van der Waals surface area contributed by atoms with Gasteiger partial charge in [0.25, 0.3) is 0 Å². The van der Waals surface area contributed by atoms with Crippen molar-refractivity contribution in [3.63, 3.8) is 0 Å². The summed E-state index contributed by atoms with van der Waals surface area (Å²) in [5.74, 6) is 0. The Morgan fingerprint density at radius 3 is 3.00 bits per heavy atom. The Hall–Kier alpha value is -0.830. The van der Waals surface area contributed by atoms with Gasteiger partial charge >= 0.3 is 0 Å². The molecule has 1 N–H and O–H groups in total. The second-order valence-corrected chi connectivity index (χ2v) is 3.28. The molecule has 0 atom stereocenters. The molecular formula is C8H13N3. The molecule has 2 heterocycles. The third kappa shape index (κ3) is 1.05. The first-order chi connectivity index (χ1) is 5.27. The van der Waals surface area contributed by atoms with Crippen molar-refractivity contribution in [2.45, 2.75) is 33.0 Å². The standard InChI is InChI=1S/C8H13N3/c1-6(2)11-5-7-3-9-4-8(7)10-11/h5-6,9H,3-4H2,1-2H3. The first-order valence-electron chi connectivity index (χ1n) is 4.05. The third-order valence-electron chi connectivity index (χ3n) is 2.03. The molecule has 0 aliphatic carbocycles. The van der Waals surface area contributed by atoms with Gasteiger partial charge in [-0.15, -0.1) is 0 Å². The Bertz CT molecular complexity index is 241. The van der Waals surface area contributed by atoms with Crippen LogP contribution in [0, 0.1) is 0 Å². The highest BCUT2D eigenvalue weighted by atomic mass is 15.3. The van der Waals surface area contributed by atoms with E-state index in [1.54, 1.807) is 0 Å². The molecule has 3 nitrogen and oxygen atoms in total. The van der Waals surface area contributed by atoms with Crippen LogP contribution in [0.15, 0.2) is 6.20 Å². The summed E-state index contributed by atoms with van der Waals surface area (Å²) in [6.07, 6.45) is 2.14. The lowest BCUT2D eigenvalue weighted by Gasteiger charge is -2.04. The summed E-state index contributed by atoms with van der Waals surface area (Å²) in [4.78, 5) is 0. The number of hydrogen-bond acceptors (Lipinski definition) is 2. The van der Waals surface area contributed by atoms with E-state index in [9.17, 15) is 0 Å². The molecule has 2 rings (SSSR count). The van der Waals surface area contributed by atoms with Crippen molar-refractivity contribution in [3.05, 3.63) is 17.5 Å². The minimum atomic E-state index is 0.487. The Balaban J connectivity index is 2.34. The average molecular weight is 151 g/mol. The van der Waals surface area contributed by atoms with Gasteiger partial charge in [0.1, 0.15) is 0 Å². The van der Waals surface area contributed by atoms with Crippen LogP contribution in [-0.2, 0) is 13.1 Å². The summed E-state index contributed by atoms with van der Waals surface area (Å²) in [6.45, 7) is 6.22. The summed E-state index contributed by atoms with van der Waals surface area (Å²) in [6, 6.07) is 0.487. The minimum absolute atomic E-state index is 0.487. The molecule has 0 spiro atoms. The molecule has 0 aromatic carbocycles. The lowest BCUT2D eigenvalue weighted by atomic mass is 10.3. The molecule has 1 aliphatic rings. The van der Waals surface area contributed by atoms with Gasteiger partial charge in [-0.25, -0.2) is 0 Å². The zero-order chi connectivity index (χ0) is 7.84. The Morgan fingerprint density at radius 1 is 1.55 bits per heavy atom. The van der Waals surface area contributed by atoms with Gasteiger partial charge in [0.05, 0.1) is 5.69 Å². The second-order valence-electron chi connectivity index (χ2n) is 3.28. The highest BCUT2D eigenvalue weighted by Crippen LogP contribution is 2.15. The SMILES string of the molecule is CC(C)n1cc2c(n1)CNC2. The van der Waals surface area contributed by atoms with Gasteiger partial charge in [0.2, 0.25) is 0 Å². The molecule has 0 radical (unpaired) electrons. The maximum Gasteiger partial charge on any atom is 0.0807 e. The maximum atomic E-state index is 4.44. The lowest BCUT2D eigenvalue weighted by molar-refractivity contribution is 0.520. The normalized spacial score (nSPS) is 15.9. The van der Waals surface area contributed by atoms with Crippen molar-refractivity contribution in [2.75, 3.05) is 0 Å². The first-order valence-corrected chi connectivity index (χ1v) is 4.05. The van der Waals surface area contributed by atoms with E-state index < -0.39 is 0 Å². The van der Waals surface area contributed by atoms with Crippen molar-refractivity contribution in [1.29, 1.82) is 0 Å². The fourth-order valence-electron chi connectivity index (χ4n) is 1.34. The molecule has 0 fully saturated rings. The first kappa shape index (κ1) is 6.85. The third-order valence-corrected chi connectivity index (χ3v) is 2.03. The summed E-state index contributed by atoms with van der Waals surface area (Å²) < 4.78 is 2.03. The van der Waals surface area contributed by atoms with Crippen molar-refractivity contribution < 1.29 is 0 Å². The van der Waals surface area contributed by atoms with Crippen molar-refractivity contribution in [2.24, 2.45) is 0 Å². The van der Waals surface area contributed by atoms with Crippen LogP contribution in [0.4, 0.5) is 0 Å². The van der Waals surface area contributed by atoms with Gasteiger partial charge in [-0.1, -0.05) is 0 Å². The fraction of sp³-hybridized carbons (Fsp3) is 0.625. The van der Waals surface area contributed by atoms with Crippen LogP contribution in [0.5, 0.6) is 0 Å². The largest absolute Gasteiger partial charge is 0.307 e. The number of hydrogen-bond donors (Lipinski definition) is 1. The number of nitrogens with one attached hydrogen (secondary N) is 1. The van der Waals surface area contributed by atoms with E-state index in [1.165, 1.54) is 11.3 Å². The molecule has 1 aliphatic heterocycles. The molecule has 1 aromatic heterocycles. The zero-order valence-corrected chi connectivity index (χ0v) is 6.96. The van der Waals surface area contributed by atoms with E-state index in [0.717, 1.165) is 13.1 Å². The van der Waals surface area contributed by atoms with E-state index >= 15 is 0 Å². The monoisotopic (exact) mass is 151 g/mol. The van der Waals surface area contributed by atoms with E-state index in [-0.39, 0.29) is 0 Å². The second kappa shape index (κ2) is 2.34. The molecule has 0 unspecified atom stereocenters. The summed E-state index contributed by atoms with van der Waals surface area (Å²) in [5.41, 5.74) is 2.58. The van der Waals surface area contributed by atoms with Crippen LogP contribution in [0.25, 0.3) is 0 Å². The maximum absolute atomic E-state index is 4.44. The summed E-state index contributed by atoms with van der Waals surface area (Å²) in [5, 5.41) is 7.70. The fourth-order valence-corrected chi connectivity index (χ4v) is 1.34. The highest BCUT2D eigenvalue weighted by molar-refractivity contribution is 5.20. The van der Waals surface area contributed by atoms with Crippen LogP contribution in [0.3, 0.4) is 0 Å². The smallest absolute Gasteiger partial charge is 0.0807 e. The number of nitrogens with zero attached hydrogens (tertiary/aromatic N) is 2. The van der Waals surface area contributed by atoms with Gasteiger partial charge in [-0.2, -0.15) is 5.10 Å². The van der Waals surface area contributed by atoms with Gasteiger partial charge in [0, 0.05) is 30.9 Å². The highest BCUT2D eigenvalue weighted by Gasteiger charge is 2.14. The van der Waals surface area contributed by atoms with Crippen LogP contribution < -0.4 is 5.32 Å². The molecule has 1 aromatic rings. The molecule has 0 amide bonds. The molecule has 0 saturated heterocycles. The molecule has 11 heavy (non-hydrogen) atoms. The quantitative estimate of drug-likeness (QED) is 0.650. The Labute approximate surface area is 66.4 Å². The lowest BCUT2D eigenvalue weighted by Crippen LogP contribution is -2.07. The number of rotatable bonds is 1. The van der Waals surface area contributed by atoms with Gasteiger partial charge in [0.15, 0.2) is 0 Å². The van der Waals surface area contributed by atoms with Crippen LogP contribution in [0.2, 0.25) is 0 Å². The molecule has 0 bridgehead atoms. The number of fused-ring (bicyclic) bond motifs is 1. The summed E-state index contributed by atoms with van der Waals surface area (Å²) >= 11 is 0. The topological polar surface area (TPSA) is 29.9 Å². The van der Waals surface area contributed by atoms with Crippen molar-refractivity contribution in [3.8, 4) is 0 Å². The molecular weight excluding hydrogens is 138 g/mol. The van der Waals surface area contributed by atoms with Gasteiger partial charge < -0.3 is 5.32 Å².